The van der Waals surface area contributed by atoms with Crippen LogP contribution in [0.5, 0.6) is 0 Å². The number of benzene rings is 2. The molecule has 0 aliphatic heterocycles. The summed E-state index contributed by atoms with van der Waals surface area (Å²) < 4.78 is 26.1. The lowest BCUT2D eigenvalue weighted by atomic mass is 9.99. The van der Waals surface area contributed by atoms with Crippen molar-refractivity contribution in [1.82, 2.24) is 5.32 Å². The molecule has 0 amide bonds. The molecule has 0 saturated carbocycles. The minimum atomic E-state index is -0.820. The van der Waals surface area contributed by atoms with Crippen molar-refractivity contribution in [3.05, 3.63) is 59.7 Å². The van der Waals surface area contributed by atoms with Gasteiger partial charge in [-0.1, -0.05) is 30.3 Å². The number of halogens is 2. The SMILES string of the molecule is CNCc1ccccc1-c1ccc(F)c(F)c1. The Morgan fingerprint density at radius 1 is 1.00 bits per heavy atom. The topological polar surface area (TPSA) is 12.0 Å². The summed E-state index contributed by atoms with van der Waals surface area (Å²) in [5.74, 6) is -1.64. The van der Waals surface area contributed by atoms with Gasteiger partial charge >= 0.3 is 0 Å². The molecule has 1 N–H and O–H groups in total. The average Bonchev–Trinajstić information content (AvgIpc) is 2.34. The Kier molecular flexibility index (Phi) is 3.49. The van der Waals surface area contributed by atoms with Crippen LogP contribution in [0.1, 0.15) is 5.56 Å². The largest absolute Gasteiger partial charge is 0.316 e. The number of rotatable bonds is 3. The van der Waals surface area contributed by atoms with E-state index in [1.54, 1.807) is 6.07 Å². The molecule has 0 heterocycles. The summed E-state index contributed by atoms with van der Waals surface area (Å²) in [6.45, 7) is 0.690. The minimum Gasteiger partial charge on any atom is -0.316 e. The molecule has 0 saturated heterocycles. The molecule has 2 aromatic rings. The summed E-state index contributed by atoms with van der Waals surface area (Å²) in [7, 11) is 1.85. The van der Waals surface area contributed by atoms with Gasteiger partial charge in [-0.15, -0.1) is 0 Å². The van der Waals surface area contributed by atoms with Crippen molar-refractivity contribution in [3.8, 4) is 11.1 Å². The van der Waals surface area contributed by atoms with Crippen molar-refractivity contribution in [2.75, 3.05) is 7.05 Å². The molecule has 0 fully saturated rings. The van der Waals surface area contributed by atoms with Gasteiger partial charge in [-0.3, -0.25) is 0 Å². The van der Waals surface area contributed by atoms with Crippen LogP contribution in [0.3, 0.4) is 0 Å². The maximum atomic E-state index is 13.2. The summed E-state index contributed by atoms with van der Waals surface area (Å²) in [5, 5.41) is 3.05. The zero-order valence-corrected chi connectivity index (χ0v) is 9.50. The summed E-state index contributed by atoms with van der Waals surface area (Å²) >= 11 is 0. The third-order valence-corrected chi connectivity index (χ3v) is 2.62. The van der Waals surface area contributed by atoms with E-state index in [0.717, 1.165) is 17.2 Å². The van der Waals surface area contributed by atoms with Gasteiger partial charge in [-0.25, -0.2) is 8.78 Å². The van der Waals surface area contributed by atoms with E-state index in [4.69, 9.17) is 0 Å². The fraction of sp³-hybridized carbons (Fsp3) is 0.143. The van der Waals surface area contributed by atoms with Crippen molar-refractivity contribution in [3.63, 3.8) is 0 Å². The highest BCUT2D eigenvalue weighted by atomic mass is 19.2. The highest BCUT2D eigenvalue weighted by Gasteiger charge is 2.07. The Morgan fingerprint density at radius 2 is 1.76 bits per heavy atom. The minimum absolute atomic E-state index is 0.690. The molecule has 0 aliphatic carbocycles. The Hall–Kier alpha value is -1.74. The summed E-state index contributed by atoms with van der Waals surface area (Å²) in [5.41, 5.74) is 2.66. The molecule has 0 spiro atoms. The highest BCUT2D eigenvalue weighted by Crippen LogP contribution is 2.25. The van der Waals surface area contributed by atoms with Crippen LogP contribution in [0.25, 0.3) is 11.1 Å². The van der Waals surface area contributed by atoms with E-state index in [1.807, 2.05) is 31.3 Å². The number of hydrogen-bond acceptors (Lipinski definition) is 1. The molecule has 17 heavy (non-hydrogen) atoms. The van der Waals surface area contributed by atoms with Gasteiger partial charge in [0, 0.05) is 6.54 Å². The Bertz CT molecular complexity index is 523. The smallest absolute Gasteiger partial charge is 0.159 e. The molecule has 2 rings (SSSR count). The first-order chi connectivity index (χ1) is 8.22. The van der Waals surface area contributed by atoms with Gasteiger partial charge in [-0.05, 0) is 35.9 Å². The zero-order valence-electron chi connectivity index (χ0n) is 9.50. The lowest BCUT2D eigenvalue weighted by Crippen LogP contribution is -2.06. The van der Waals surface area contributed by atoms with E-state index < -0.39 is 11.6 Å². The molecule has 0 bridgehead atoms. The Morgan fingerprint density at radius 3 is 2.47 bits per heavy atom. The molecular formula is C14H13F2N. The first kappa shape index (κ1) is 11.7. The van der Waals surface area contributed by atoms with Crippen molar-refractivity contribution in [2.45, 2.75) is 6.54 Å². The number of hydrogen-bond donors (Lipinski definition) is 1. The van der Waals surface area contributed by atoms with Crippen LogP contribution < -0.4 is 5.32 Å². The predicted octanol–water partition coefficient (Wildman–Crippen LogP) is 3.35. The molecular weight excluding hydrogens is 220 g/mol. The normalized spacial score (nSPS) is 10.5. The van der Waals surface area contributed by atoms with E-state index in [0.29, 0.717) is 12.1 Å². The van der Waals surface area contributed by atoms with Gasteiger partial charge in [0.2, 0.25) is 0 Å². The second-order valence-corrected chi connectivity index (χ2v) is 3.82. The van der Waals surface area contributed by atoms with E-state index in [-0.39, 0.29) is 0 Å². The predicted molar refractivity (Wildman–Crippen MR) is 64.6 cm³/mol. The first-order valence-electron chi connectivity index (χ1n) is 5.40. The lowest BCUT2D eigenvalue weighted by molar-refractivity contribution is 0.509. The van der Waals surface area contributed by atoms with Crippen molar-refractivity contribution in [2.24, 2.45) is 0 Å². The van der Waals surface area contributed by atoms with Crippen LogP contribution in [0, 0.1) is 11.6 Å². The van der Waals surface area contributed by atoms with Crippen LogP contribution in [-0.2, 0) is 6.54 Å². The molecule has 1 nitrogen and oxygen atoms in total. The second kappa shape index (κ2) is 5.06. The van der Waals surface area contributed by atoms with Crippen LogP contribution in [0.15, 0.2) is 42.5 Å². The molecule has 0 unspecified atom stereocenters. The Labute approximate surface area is 99.1 Å². The van der Waals surface area contributed by atoms with Crippen molar-refractivity contribution < 1.29 is 8.78 Å². The van der Waals surface area contributed by atoms with Crippen molar-refractivity contribution in [1.29, 1.82) is 0 Å². The van der Waals surface area contributed by atoms with Crippen LogP contribution in [0.2, 0.25) is 0 Å². The monoisotopic (exact) mass is 233 g/mol. The van der Waals surface area contributed by atoms with Gasteiger partial charge in [0.05, 0.1) is 0 Å². The van der Waals surface area contributed by atoms with Crippen molar-refractivity contribution >= 4 is 0 Å². The van der Waals surface area contributed by atoms with Crippen LogP contribution in [0.4, 0.5) is 8.78 Å². The third-order valence-electron chi connectivity index (χ3n) is 2.62. The molecule has 3 heteroatoms. The standard InChI is InChI=1S/C14H13F2N/c1-17-9-11-4-2-3-5-12(11)10-6-7-13(15)14(16)8-10/h2-8,17H,9H2,1H3. The van der Waals surface area contributed by atoms with E-state index >= 15 is 0 Å². The Balaban J connectivity index is 2.48. The average molecular weight is 233 g/mol. The molecule has 2 aromatic carbocycles. The van der Waals surface area contributed by atoms with E-state index in [1.165, 1.54) is 6.07 Å². The summed E-state index contributed by atoms with van der Waals surface area (Å²) in [6, 6.07) is 11.6. The number of nitrogens with one attached hydrogen (secondary N) is 1. The van der Waals surface area contributed by atoms with E-state index in [9.17, 15) is 8.78 Å². The molecule has 0 aliphatic rings. The first-order valence-corrected chi connectivity index (χ1v) is 5.40. The van der Waals surface area contributed by atoms with Gasteiger partial charge in [0.25, 0.3) is 0 Å². The maximum Gasteiger partial charge on any atom is 0.159 e. The zero-order chi connectivity index (χ0) is 12.3. The molecule has 0 radical (unpaired) electrons. The van der Waals surface area contributed by atoms with Crippen LogP contribution in [-0.4, -0.2) is 7.05 Å². The van der Waals surface area contributed by atoms with E-state index in [2.05, 4.69) is 5.32 Å². The fourth-order valence-corrected chi connectivity index (χ4v) is 1.81. The van der Waals surface area contributed by atoms with Gasteiger partial charge < -0.3 is 5.32 Å². The quantitative estimate of drug-likeness (QED) is 0.857. The molecule has 0 atom stereocenters. The van der Waals surface area contributed by atoms with Crippen LogP contribution >= 0.6 is 0 Å². The molecule has 88 valence electrons. The van der Waals surface area contributed by atoms with Gasteiger partial charge in [0.1, 0.15) is 0 Å². The highest BCUT2D eigenvalue weighted by molar-refractivity contribution is 5.67. The molecule has 0 aromatic heterocycles. The second-order valence-electron chi connectivity index (χ2n) is 3.82. The third kappa shape index (κ3) is 2.50. The van der Waals surface area contributed by atoms with Gasteiger partial charge in [0.15, 0.2) is 11.6 Å². The maximum absolute atomic E-state index is 13.2. The summed E-state index contributed by atoms with van der Waals surface area (Å²) in [4.78, 5) is 0. The fourth-order valence-electron chi connectivity index (χ4n) is 1.81. The van der Waals surface area contributed by atoms with Gasteiger partial charge in [-0.2, -0.15) is 0 Å². The lowest BCUT2D eigenvalue weighted by Gasteiger charge is -2.09. The summed E-state index contributed by atoms with van der Waals surface area (Å²) in [6.07, 6.45) is 0.